The van der Waals surface area contributed by atoms with E-state index >= 15 is 0 Å². The molecule has 2 amide bonds. The number of hydrogen-bond donors (Lipinski definition) is 3. The zero-order valence-electron chi connectivity index (χ0n) is 15.7. The molecule has 11 heteroatoms. The van der Waals surface area contributed by atoms with Crippen molar-refractivity contribution in [1.29, 1.82) is 0 Å². The number of nitrogens with one attached hydrogen (secondary N) is 2. The predicted molar refractivity (Wildman–Crippen MR) is 110 cm³/mol. The van der Waals surface area contributed by atoms with E-state index in [9.17, 15) is 18.0 Å². The number of thiazole rings is 1. The molecule has 4 N–H and O–H groups in total. The number of aromatic nitrogens is 1. The molecule has 9 nitrogen and oxygen atoms in total. The molecule has 3 rings (SSSR count). The Labute approximate surface area is 172 Å². The minimum absolute atomic E-state index is 0.00744. The molecule has 29 heavy (non-hydrogen) atoms. The van der Waals surface area contributed by atoms with Crippen LogP contribution in [0.5, 0.6) is 0 Å². The molecule has 1 atom stereocenters. The van der Waals surface area contributed by atoms with Crippen LogP contribution >= 0.6 is 11.3 Å². The molecule has 0 saturated carbocycles. The van der Waals surface area contributed by atoms with Gasteiger partial charge in [-0.15, -0.1) is 11.3 Å². The van der Waals surface area contributed by atoms with Crippen molar-refractivity contribution < 1.29 is 18.0 Å². The maximum Gasteiger partial charge on any atom is 0.263 e. The fourth-order valence-corrected chi connectivity index (χ4v) is 4.80. The van der Waals surface area contributed by atoms with Crippen molar-refractivity contribution in [2.45, 2.75) is 43.5 Å². The second-order valence-electron chi connectivity index (χ2n) is 6.51. The van der Waals surface area contributed by atoms with Gasteiger partial charge in [-0.3, -0.25) is 19.3 Å². The zero-order valence-corrected chi connectivity index (χ0v) is 17.3. The number of fused-ring (bicyclic) bond motifs is 1. The first-order chi connectivity index (χ1) is 13.8. The number of benzene rings is 1. The first-order valence-corrected chi connectivity index (χ1v) is 11.4. The SMILES string of the molecule is CCCCC(N=C1NS(=O)(=O)c2ccccc21)C(=O)Nc1nc(CC(N)=O)cs1. The molecule has 1 aliphatic rings. The van der Waals surface area contributed by atoms with E-state index < -0.39 is 27.9 Å². The van der Waals surface area contributed by atoms with E-state index in [4.69, 9.17) is 5.73 Å². The van der Waals surface area contributed by atoms with Crippen molar-refractivity contribution in [3.8, 4) is 0 Å². The van der Waals surface area contributed by atoms with E-state index in [1.165, 1.54) is 17.4 Å². The maximum atomic E-state index is 12.8. The number of rotatable bonds is 8. The van der Waals surface area contributed by atoms with E-state index in [0.717, 1.165) is 12.8 Å². The van der Waals surface area contributed by atoms with Crippen molar-refractivity contribution in [3.05, 3.63) is 40.9 Å². The number of sulfonamides is 1. The summed E-state index contributed by atoms with van der Waals surface area (Å²) in [5, 5.41) is 4.68. The van der Waals surface area contributed by atoms with Gasteiger partial charge in [0.2, 0.25) is 5.91 Å². The molecule has 0 aliphatic carbocycles. The summed E-state index contributed by atoms with van der Waals surface area (Å²) in [5.41, 5.74) is 6.08. The van der Waals surface area contributed by atoms with Crippen molar-refractivity contribution >= 4 is 44.1 Å². The summed E-state index contributed by atoms with van der Waals surface area (Å²) in [6.45, 7) is 1.99. The fraction of sp³-hybridized carbons (Fsp3) is 0.333. The van der Waals surface area contributed by atoms with E-state index in [-0.39, 0.29) is 17.2 Å². The second-order valence-corrected chi connectivity index (χ2v) is 9.02. The van der Waals surface area contributed by atoms with Crippen LogP contribution in [0.15, 0.2) is 39.5 Å². The summed E-state index contributed by atoms with van der Waals surface area (Å²) >= 11 is 1.18. The van der Waals surface area contributed by atoms with Crippen LogP contribution in [0.2, 0.25) is 0 Å². The van der Waals surface area contributed by atoms with Gasteiger partial charge in [0, 0.05) is 10.9 Å². The average Bonchev–Trinajstić information content (AvgIpc) is 3.20. The number of unbranched alkanes of at least 4 members (excludes halogenated alkanes) is 1. The number of anilines is 1. The highest BCUT2D eigenvalue weighted by atomic mass is 32.2. The van der Waals surface area contributed by atoms with Crippen molar-refractivity contribution in [1.82, 2.24) is 9.71 Å². The van der Waals surface area contributed by atoms with Gasteiger partial charge >= 0.3 is 0 Å². The molecule has 1 unspecified atom stereocenters. The number of nitrogens with two attached hydrogens (primary N) is 1. The van der Waals surface area contributed by atoms with Crippen LogP contribution in [0.4, 0.5) is 5.13 Å². The van der Waals surface area contributed by atoms with Gasteiger partial charge in [0.15, 0.2) is 5.13 Å². The molecule has 0 bridgehead atoms. The summed E-state index contributed by atoms with van der Waals surface area (Å²) in [6.07, 6.45) is 2.05. The maximum absolute atomic E-state index is 12.8. The molecule has 0 radical (unpaired) electrons. The molecule has 2 aromatic rings. The number of hydrogen-bond acceptors (Lipinski definition) is 7. The minimum Gasteiger partial charge on any atom is -0.369 e. The Hall–Kier alpha value is -2.79. The highest BCUT2D eigenvalue weighted by Crippen LogP contribution is 2.24. The van der Waals surface area contributed by atoms with Gasteiger partial charge < -0.3 is 11.1 Å². The third kappa shape index (κ3) is 4.98. The summed E-state index contributed by atoms with van der Waals surface area (Å²) < 4.78 is 27.0. The third-order valence-corrected chi connectivity index (χ3v) is 6.42. The van der Waals surface area contributed by atoms with Crippen LogP contribution in [0.1, 0.15) is 37.4 Å². The van der Waals surface area contributed by atoms with Crippen molar-refractivity contribution in [2.24, 2.45) is 10.7 Å². The standard InChI is InChI=1S/C18H21N5O4S2/c1-2-3-7-13(17(25)22-18-20-11(10-28-18)9-15(19)24)21-16-12-6-4-5-8-14(12)29(26,27)23-16/h4-6,8,10,13H,2-3,7,9H2,1H3,(H2,19,24)(H,21,23)(H,20,22,25). The molecule has 154 valence electrons. The van der Waals surface area contributed by atoms with E-state index in [1.807, 2.05) is 6.92 Å². The van der Waals surface area contributed by atoms with Crippen LogP contribution in [-0.2, 0) is 26.0 Å². The normalized spacial score (nSPS) is 16.8. The number of nitrogens with zero attached hydrogens (tertiary/aromatic N) is 2. The fourth-order valence-electron chi connectivity index (χ4n) is 2.85. The van der Waals surface area contributed by atoms with Crippen LogP contribution < -0.4 is 15.8 Å². The summed E-state index contributed by atoms with van der Waals surface area (Å²) in [5.74, 6) is -0.743. The third-order valence-electron chi connectivity index (χ3n) is 4.22. The lowest BCUT2D eigenvalue weighted by Crippen LogP contribution is -2.30. The van der Waals surface area contributed by atoms with Crippen molar-refractivity contribution in [3.63, 3.8) is 0 Å². The topological polar surface area (TPSA) is 144 Å². The number of carbonyl (C=O) groups excluding carboxylic acids is 2. The second kappa shape index (κ2) is 8.70. The number of amidine groups is 1. The summed E-state index contributed by atoms with van der Waals surface area (Å²) in [4.78, 5) is 32.5. The highest BCUT2D eigenvalue weighted by molar-refractivity contribution is 7.90. The van der Waals surface area contributed by atoms with Crippen LogP contribution in [0.25, 0.3) is 0 Å². The Morgan fingerprint density at radius 1 is 1.34 bits per heavy atom. The van der Waals surface area contributed by atoms with Gasteiger partial charge in [-0.1, -0.05) is 31.9 Å². The van der Waals surface area contributed by atoms with Crippen LogP contribution in [-0.4, -0.2) is 37.1 Å². The van der Waals surface area contributed by atoms with Gasteiger partial charge in [0.05, 0.1) is 17.0 Å². The van der Waals surface area contributed by atoms with Crippen LogP contribution in [0, 0.1) is 0 Å². The molecule has 0 saturated heterocycles. The molecule has 2 heterocycles. The van der Waals surface area contributed by atoms with Crippen molar-refractivity contribution in [2.75, 3.05) is 5.32 Å². The molecule has 1 aliphatic heterocycles. The lowest BCUT2D eigenvalue weighted by atomic mass is 10.1. The van der Waals surface area contributed by atoms with E-state index in [2.05, 4.69) is 20.0 Å². The minimum atomic E-state index is -3.68. The molecule has 0 spiro atoms. The summed E-state index contributed by atoms with van der Waals surface area (Å²) in [6, 6.07) is 5.71. The largest absolute Gasteiger partial charge is 0.369 e. The molecular weight excluding hydrogens is 414 g/mol. The molecule has 1 aromatic heterocycles. The molecule has 0 fully saturated rings. The zero-order chi connectivity index (χ0) is 21.0. The Kier molecular flexibility index (Phi) is 6.28. The van der Waals surface area contributed by atoms with Gasteiger partial charge in [0.25, 0.3) is 15.9 Å². The van der Waals surface area contributed by atoms with Gasteiger partial charge in [-0.05, 0) is 18.6 Å². The quantitative estimate of drug-likeness (QED) is 0.574. The highest BCUT2D eigenvalue weighted by Gasteiger charge is 2.31. The monoisotopic (exact) mass is 435 g/mol. The Morgan fingerprint density at radius 3 is 2.83 bits per heavy atom. The number of amides is 2. The number of aliphatic imine (C=N–C) groups is 1. The van der Waals surface area contributed by atoms with Gasteiger partial charge in [-0.2, -0.15) is 0 Å². The Balaban J connectivity index is 1.83. The van der Waals surface area contributed by atoms with E-state index in [0.29, 0.717) is 22.8 Å². The first kappa shape index (κ1) is 20.9. The Bertz CT molecular complexity index is 1060. The smallest absolute Gasteiger partial charge is 0.263 e. The lowest BCUT2D eigenvalue weighted by molar-refractivity contribution is -0.118. The van der Waals surface area contributed by atoms with Gasteiger partial charge in [0.1, 0.15) is 11.9 Å². The van der Waals surface area contributed by atoms with Gasteiger partial charge in [-0.25, -0.2) is 13.4 Å². The predicted octanol–water partition coefficient (Wildman–Crippen LogP) is 1.41. The average molecular weight is 436 g/mol. The molecular formula is C18H21N5O4S2. The summed E-state index contributed by atoms with van der Waals surface area (Å²) in [7, 11) is -3.68. The lowest BCUT2D eigenvalue weighted by Gasteiger charge is -2.12. The first-order valence-electron chi connectivity index (χ1n) is 9.03. The van der Waals surface area contributed by atoms with E-state index in [1.54, 1.807) is 23.6 Å². The Morgan fingerprint density at radius 2 is 2.10 bits per heavy atom. The van der Waals surface area contributed by atoms with Crippen LogP contribution in [0.3, 0.4) is 0 Å². The number of primary amides is 1. The number of carbonyl (C=O) groups is 2. The molecule has 1 aromatic carbocycles.